The zero-order valence-electron chi connectivity index (χ0n) is 13.7. The van der Waals surface area contributed by atoms with Gasteiger partial charge in [0.1, 0.15) is 5.69 Å². The number of hydrogen-bond donors (Lipinski definition) is 2. The lowest BCUT2D eigenvalue weighted by Gasteiger charge is -2.17. The number of aliphatic hydroxyl groups excluding tert-OH is 2. The maximum atomic E-state index is 13.0. The number of aliphatic hydroxyl groups is 2. The molecule has 1 saturated heterocycles. The Labute approximate surface area is 143 Å². The Morgan fingerprint density at radius 1 is 1.16 bits per heavy atom. The summed E-state index contributed by atoms with van der Waals surface area (Å²) in [6, 6.07) is 0.695. The Hall–Kier alpha value is -1.61. The third-order valence-corrected chi connectivity index (χ3v) is 5.00. The molecule has 2 aliphatic rings. The molecular formula is C16H22F3N3O3. The third kappa shape index (κ3) is 3.82. The lowest BCUT2D eigenvalue weighted by molar-refractivity contribution is -0.141. The largest absolute Gasteiger partial charge is 0.435 e. The van der Waals surface area contributed by atoms with Gasteiger partial charge < -0.3 is 15.1 Å². The zero-order chi connectivity index (χ0) is 18.2. The molecule has 140 valence electrons. The molecule has 0 aromatic carbocycles. The van der Waals surface area contributed by atoms with Crippen molar-refractivity contribution in [1.29, 1.82) is 0 Å². The van der Waals surface area contributed by atoms with E-state index < -0.39 is 17.8 Å². The van der Waals surface area contributed by atoms with E-state index >= 15 is 0 Å². The molecule has 3 rings (SSSR count). The van der Waals surface area contributed by atoms with Crippen LogP contribution in [0.15, 0.2) is 6.07 Å². The van der Waals surface area contributed by atoms with Crippen molar-refractivity contribution in [3.8, 4) is 0 Å². The number of aromatic nitrogens is 2. The van der Waals surface area contributed by atoms with Crippen LogP contribution in [0.4, 0.5) is 13.2 Å². The predicted molar refractivity (Wildman–Crippen MR) is 81.8 cm³/mol. The molecule has 0 spiro atoms. The molecule has 1 aromatic heterocycles. The van der Waals surface area contributed by atoms with Gasteiger partial charge in [-0.1, -0.05) is 0 Å². The molecule has 2 heterocycles. The van der Waals surface area contributed by atoms with Gasteiger partial charge in [-0.3, -0.25) is 9.48 Å². The van der Waals surface area contributed by atoms with Crippen LogP contribution in [0.1, 0.15) is 47.9 Å². The van der Waals surface area contributed by atoms with Gasteiger partial charge in [0.25, 0.3) is 5.91 Å². The second kappa shape index (κ2) is 6.95. The Balaban J connectivity index is 1.82. The first kappa shape index (κ1) is 18.2. The summed E-state index contributed by atoms with van der Waals surface area (Å²) in [5.41, 5.74) is -1.07. The summed E-state index contributed by atoms with van der Waals surface area (Å²) >= 11 is 0. The fourth-order valence-corrected chi connectivity index (χ4v) is 3.54. The second-order valence-corrected chi connectivity index (χ2v) is 6.84. The fraction of sp³-hybridized carbons (Fsp3) is 0.750. The van der Waals surface area contributed by atoms with E-state index in [9.17, 15) is 18.0 Å². The standard InChI is InChI=1S/C16H22F3N3O3/c17-16(18,19)14-7-13(22(20-14)12-1-2-12)15(25)21-8-10(3-5-23)11(9-21)4-6-24/h7,10-12,23-24H,1-6,8-9H2/t10-,11+. The number of rotatable bonds is 6. The quantitative estimate of drug-likeness (QED) is 0.808. The topological polar surface area (TPSA) is 78.6 Å². The summed E-state index contributed by atoms with van der Waals surface area (Å²) in [6.45, 7) is 0.711. The van der Waals surface area contributed by atoms with Gasteiger partial charge in [0, 0.05) is 32.4 Å². The first-order valence-corrected chi connectivity index (χ1v) is 8.53. The molecule has 9 heteroatoms. The van der Waals surface area contributed by atoms with Crippen molar-refractivity contribution in [2.75, 3.05) is 26.3 Å². The highest BCUT2D eigenvalue weighted by Crippen LogP contribution is 2.39. The van der Waals surface area contributed by atoms with Crippen molar-refractivity contribution in [2.45, 2.75) is 37.9 Å². The van der Waals surface area contributed by atoms with Crippen LogP contribution in [0, 0.1) is 11.8 Å². The highest BCUT2D eigenvalue weighted by atomic mass is 19.4. The molecule has 1 saturated carbocycles. The Bertz CT molecular complexity index is 614. The van der Waals surface area contributed by atoms with Gasteiger partial charge in [-0.2, -0.15) is 18.3 Å². The average Bonchev–Trinajstić information content (AvgIpc) is 3.15. The molecular weight excluding hydrogens is 339 g/mol. The summed E-state index contributed by atoms with van der Waals surface area (Å²) < 4.78 is 40.1. The molecule has 6 nitrogen and oxygen atoms in total. The summed E-state index contributed by atoms with van der Waals surface area (Å²) in [5, 5.41) is 21.9. The lowest BCUT2D eigenvalue weighted by atomic mass is 9.91. The molecule has 1 aromatic rings. The number of likely N-dealkylation sites (tertiary alicyclic amines) is 1. The van der Waals surface area contributed by atoms with Crippen LogP contribution in [-0.4, -0.2) is 57.1 Å². The number of halogens is 3. The van der Waals surface area contributed by atoms with Gasteiger partial charge in [0.15, 0.2) is 5.69 Å². The van der Waals surface area contributed by atoms with Gasteiger partial charge >= 0.3 is 6.18 Å². The van der Waals surface area contributed by atoms with Crippen LogP contribution in [0.3, 0.4) is 0 Å². The van der Waals surface area contributed by atoms with Gasteiger partial charge in [-0.25, -0.2) is 0 Å². The summed E-state index contributed by atoms with van der Waals surface area (Å²) in [6.07, 6.45) is -2.13. The molecule has 1 aliphatic carbocycles. The van der Waals surface area contributed by atoms with E-state index in [0.29, 0.717) is 25.9 Å². The monoisotopic (exact) mass is 361 g/mol. The van der Waals surface area contributed by atoms with E-state index in [-0.39, 0.29) is 36.8 Å². The Kier molecular flexibility index (Phi) is 5.06. The molecule has 0 unspecified atom stereocenters. The summed E-state index contributed by atoms with van der Waals surface area (Å²) in [7, 11) is 0. The summed E-state index contributed by atoms with van der Waals surface area (Å²) in [4.78, 5) is 14.3. The van der Waals surface area contributed by atoms with Crippen molar-refractivity contribution in [1.82, 2.24) is 14.7 Å². The molecule has 0 radical (unpaired) electrons. The van der Waals surface area contributed by atoms with Crippen LogP contribution >= 0.6 is 0 Å². The van der Waals surface area contributed by atoms with E-state index in [4.69, 9.17) is 10.2 Å². The smallest absolute Gasteiger partial charge is 0.396 e. The maximum Gasteiger partial charge on any atom is 0.435 e. The van der Waals surface area contributed by atoms with E-state index in [1.807, 2.05) is 0 Å². The Morgan fingerprint density at radius 2 is 1.72 bits per heavy atom. The van der Waals surface area contributed by atoms with Crippen LogP contribution in [0.2, 0.25) is 0 Å². The number of amides is 1. The first-order chi connectivity index (χ1) is 11.8. The van der Waals surface area contributed by atoms with Gasteiger partial charge in [-0.15, -0.1) is 0 Å². The molecule has 25 heavy (non-hydrogen) atoms. The normalized spacial score (nSPS) is 24.1. The van der Waals surface area contributed by atoms with Crippen LogP contribution in [0.5, 0.6) is 0 Å². The van der Waals surface area contributed by atoms with E-state index in [1.165, 1.54) is 9.58 Å². The van der Waals surface area contributed by atoms with Crippen molar-refractivity contribution in [2.24, 2.45) is 11.8 Å². The minimum absolute atomic E-state index is 0.0210. The molecule has 1 aliphatic heterocycles. The van der Waals surface area contributed by atoms with Gasteiger partial charge in [0.2, 0.25) is 0 Å². The predicted octanol–water partition coefficient (Wildman–Crippen LogP) is 1.69. The van der Waals surface area contributed by atoms with Crippen LogP contribution in [0.25, 0.3) is 0 Å². The van der Waals surface area contributed by atoms with Crippen molar-refractivity contribution >= 4 is 5.91 Å². The van der Waals surface area contributed by atoms with E-state index in [1.54, 1.807) is 0 Å². The zero-order valence-corrected chi connectivity index (χ0v) is 13.7. The number of nitrogens with zero attached hydrogens (tertiary/aromatic N) is 3. The number of hydrogen-bond acceptors (Lipinski definition) is 4. The number of carbonyl (C=O) groups excluding carboxylic acids is 1. The van der Waals surface area contributed by atoms with Crippen molar-refractivity contribution in [3.05, 3.63) is 17.5 Å². The van der Waals surface area contributed by atoms with E-state index in [0.717, 1.165) is 18.9 Å². The minimum Gasteiger partial charge on any atom is -0.396 e. The van der Waals surface area contributed by atoms with E-state index in [2.05, 4.69) is 5.10 Å². The summed E-state index contributed by atoms with van der Waals surface area (Å²) in [5.74, 6) is -0.376. The molecule has 1 amide bonds. The second-order valence-electron chi connectivity index (χ2n) is 6.84. The van der Waals surface area contributed by atoms with Crippen molar-refractivity contribution < 1.29 is 28.2 Å². The van der Waals surface area contributed by atoms with Crippen molar-refractivity contribution in [3.63, 3.8) is 0 Å². The lowest BCUT2D eigenvalue weighted by Crippen LogP contribution is -2.31. The van der Waals surface area contributed by atoms with Crippen LogP contribution < -0.4 is 0 Å². The molecule has 2 atom stereocenters. The minimum atomic E-state index is -4.58. The number of carbonyl (C=O) groups is 1. The van der Waals surface area contributed by atoms with Gasteiger partial charge in [0.05, 0.1) is 6.04 Å². The average molecular weight is 361 g/mol. The third-order valence-electron chi connectivity index (χ3n) is 5.00. The highest BCUT2D eigenvalue weighted by molar-refractivity contribution is 5.93. The number of alkyl halides is 3. The SMILES string of the molecule is O=C(c1cc(C(F)(F)F)nn1C1CC1)N1C[C@@H](CCO)[C@@H](CCO)C1. The first-order valence-electron chi connectivity index (χ1n) is 8.53. The maximum absolute atomic E-state index is 13.0. The molecule has 0 bridgehead atoms. The molecule has 2 N–H and O–H groups in total. The molecule has 2 fully saturated rings. The Morgan fingerprint density at radius 3 is 2.16 bits per heavy atom. The fourth-order valence-electron chi connectivity index (χ4n) is 3.54. The highest BCUT2D eigenvalue weighted by Gasteiger charge is 2.41. The van der Waals surface area contributed by atoms with Gasteiger partial charge in [-0.05, 0) is 37.5 Å². The van der Waals surface area contributed by atoms with Crippen LogP contribution in [-0.2, 0) is 6.18 Å².